The van der Waals surface area contributed by atoms with Gasteiger partial charge in [-0.2, -0.15) is 0 Å². The Kier molecular flexibility index (Phi) is 23.1. The van der Waals surface area contributed by atoms with Crippen molar-refractivity contribution in [1.29, 1.82) is 0 Å². The van der Waals surface area contributed by atoms with E-state index in [0.717, 1.165) is 38.0 Å². The first-order valence-corrected chi connectivity index (χ1v) is 24.5. The van der Waals surface area contributed by atoms with Gasteiger partial charge in [0.25, 0.3) is 11.7 Å². The second-order valence-electron chi connectivity index (χ2n) is 18.9. The summed E-state index contributed by atoms with van der Waals surface area (Å²) in [5, 5.41) is 145. The molecule has 29 nitrogen and oxygen atoms in total. The number of rotatable bonds is 25. The minimum atomic E-state index is -3.18. The van der Waals surface area contributed by atoms with Gasteiger partial charge in [0.1, 0.15) is 90.8 Å². The molecule has 0 aliphatic carbocycles. The first kappa shape index (κ1) is 61.8. The zero-order valence-electron chi connectivity index (χ0n) is 41.5. The van der Waals surface area contributed by atoms with E-state index in [1.165, 1.54) is 14.0 Å². The molecule has 4 aliphatic heterocycles. The molecule has 0 bridgehead atoms. The van der Waals surface area contributed by atoms with Gasteiger partial charge >= 0.3 is 11.9 Å². The maximum atomic E-state index is 14.2. The highest BCUT2D eigenvalue weighted by molar-refractivity contribution is 5.95. The Balaban J connectivity index is 1.55. The van der Waals surface area contributed by atoms with Crippen molar-refractivity contribution >= 4 is 23.8 Å². The average molecular weight is 1080 g/mol. The molecule has 0 radical (unpaired) electrons. The van der Waals surface area contributed by atoms with Gasteiger partial charge in [-0.3, -0.25) is 14.4 Å². The second-order valence-corrected chi connectivity index (χ2v) is 18.9. The third-order valence-corrected chi connectivity index (χ3v) is 13.4. The summed E-state index contributed by atoms with van der Waals surface area (Å²) < 4.78 is 53.1. The minimum absolute atomic E-state index is 0.0745. The number of hydrogen-bond donors (Lipinski definition) is 16. The van der Waals surface area contributed by atoms with E-state index in [2.05, 4.69) is 15.4 Å². The number of phenolic OH excluding ortho intramolecular Hbond substituents is 2. The highest BCUT2D eigenvalue weighted by Gasteiger charge is 2.61. The Morgan fingerprint density at radius 3 is 1.97 bits per heavy atom. The van der Waals surface area contributed by atoms with Gasteiger partial charge in [-0.15, -0.1) is 0 Å². The number of aliphatic carboxylic acids is 1. The molecule has 4 aliphatic rings. The van der Waals surface area contributed by atoms with Crippen LogP contribution in [0.25, 0.3) is 0 Å². The van der Waals surface area contributed by atoms with Crippen molar-refractivity contribution in [2.45, 2.75) is 193 Å². The SMILES string of the molecule is COC(=O)CCCCCCCCO[C@@H]1OC(CO)[C@H](OC2OC(C)[C@@H](O)C(O)C2N)C(OC2OC(CO)[C@@H](O)C(O[C@]3(C(=O)O)CC(O)[C@@H](NC(C)=O)C(C(O)C(O)CO)O3)C2O)C1NC(=O)c1cc(O)cc(O)c1. The number of nitrogens with one attached hydrogen (secondary N) is 2. The average Bonchev–Trinajstić information content (AvgIpc) is 3.37. The summed E-state index contributed by atoms with van der Waals surface area (Å²) in [5.41, 5.74) is 5.94. The lowest BCUT2D eigenvalue weighted by atomic mass is 9.88. The number of carbonyl (C=O) groups is 4. The van der Waals surface area contributed by atoms with Crippen LogP contribution in [0.1, 0.15) is 75.6 Å². The molecule has 428 valence electrons. The summed E-state index contributed by atoms with van der Waals surface area (Å²) in [5.74, 6) is -8.46. The Morgan fingerprint density at radius 2 is 1.37 bits per heavy atom. The van der Waals surface area contributed by atoms with Crippen LogP contribution in [0.3, 0.4) is 0 Å². The van der Waals surface area contributed by atoms with E-state index in [9.17, 15) is 85.6 Å². The predicted octanol–water partition coefficient (Wildman–Crippen LogP) is -5.63. The number of benzene rings is 1. The first-order chi connectivity index (χ1) is 35.5. The van der Waals surface area contributed by atoms with Crippen LogP contribution < -0.4 is 16.4 Å². The molecule has 0 saturated carbocycles. The van der Waals surface area contributed by atoms with Crippen molar-refractivity contribution in [3.8, 4) is 11.5 Å². The predicted molar refractivity (Wildman–Crippen MR) is 246 cm³/mol. The number of unbranched alkanes of at least 4 members (excludes halogenated alkanes) is 5. The van der Waals surface area contributed by atoms with Crippen molar-refractivity contribution < 1.29 is 128 Å². The smallest absolute Gasteiger partial charge is 0.364 e. The molecule has 15 unspecified atom stereocenters. The zero-order chi connectivity index (χ0) is 55.5. The number of nitrogens with two attached hydrogens (primary N) is 1. The fourth-order valence-corrected chi connectivity index (χ4v) is 9.27. The van der Waals surface area contributed by atoms with Crippen molar-refractivity contribution in [2.75, 3.05) is 33.5 Å². The molecule has 1 aromatic rings. The molecule has 4 saturated heterocycles. The molecule has 2 amide bonds. The van der Waals surface area contributed by atoms with Crippen LogP contribution in [-0.4, -0.2) is 252 Å². The number of phenols is 2. The normalized spacial score (nSPS) is 37.0. The van der Waals surface area contributed by atoms with Crippen LogP contribution in [0, 0.1) is 0 Å². The van der Waals surface area contributed by atoms with Crippen molar-refractivity contribution in [1.82, 2.24) is 10.6 Å². The highest BCUT2D eigenvalue weighted by atomic mass is 16.8. The minimum Gasteiger partial charge on any atom is -0.508 e. The Hall–Kier alpha value is -4.06. The van der Waals surface area contributed by atoms with E-state index in [-0.39, 0.29) is 24.6 Å². The van der Waals surface area contributed by atoms with E-state index >= 15 is 0 Å². The lowest BCUT2D eigenvalue weighted by molar-refractivity contribution is -0.387. The number of carbonyl (C=O) groups excluding carboxylic acids is 3. The molecule has 0 aromatic heterocycles. The van der Waals surface area contributed by atoms with E-state index in [1.54, 1.807) is 0 Å². The van der Waals surface area contributed by atoms with Gasteiger partial charge in [0.2, 0.25) is 5.91 Å². The number of amides is 2. The van der Waals surface area contributed by atoms with Crippen molar-refractivity contribution in [3.63, 3.8) is 0 Å². The molecule has 5 rings (SSSR count). The lowest BCUT2D eigenvalue weighted by Gasteiger charge is -2.52. The quantitative estimate of drug-likeness (QED) is 0.0321. The number of carboxylic acids is 1. The lowest BCUT2D eigenvalue weighted by Crippen LogP contribution is -2.72. The summed E-state index contributed by atoms with van der Waals surface area (Å²) >= 11 is 0. The molecule has 29 heteroatoms. The maximum Gasteiger partial charge on any atom is 0.364 e. The largest absolute Gasteiger partial charge is 0.508 e. The third-order valence-electron chi connectivity index (χ3n) is 13.4. The topological polar surface area (TPSA) is 464 Å². The van der Waals surface area contributed by atoms with Gasteiger partial charge in [0.05, 0.1) is 51.2 Å². The van der Waals surface area contributed by atoms with E-state index in [4.69, 9.17) is 43.6 Å². The molecular weight excluding hydrogens is 1010 g/mol. The van der Waals surface area contributed by atoms with E-state index in [0.29, 0.717) is 25.7 Å². The number of methoxy groups -OCH3 is 1. The second kappa shape index (κ2) is 28.0. The highest BCUT2D eigenvalue weighted by Crippen LogP contribution is 2.39. The molecule has 4 fully saturated rings. The van der Waals surface area contributed by atoms with Crippen LogP contribution in [0.2, 0.25) is 0 Å². The monoisotopic (exact) mass is 1080 g/mol. The third kappa shape index (κ3) is 15.4. The summed E-state index contributed by atoms with van der Waals surface area (Å²) in [6.45, 7) is -0.806. The number of ether oxygens (including phenoxy) is 9. The number of aromatic hydroxyl groups is 2. The van der Waals surface area contributed by atoms with Crippen molar-refractivity contribution in [3.05, 3.63) is 23.8 Å². The number of carboxylic acid groups (broad SMARTS) is 1. The molecular formula is C46H73N3O26. The van der Waals surface area contributed by atoms with Crippen LogP contribution in [0.5, 0.6) is 11.5 Å². The summed E-state index contributed by atoms with van der Waals surface area (Å²) in [7, 11) is 1.30. The fraction of sp³-hybridized carbons (Fsp3) is 0.783. The Labute approximate surface area is 429 Å². The van der Waals surface area contributed by atoms with Gasteiger partial charge < -0.3 is 125 Å². The Morgan fingerprint density at radius 1 is 0.760 bits per heavy atom. The zero-order valence-corrected chi connectivity index (χ0v) is 41.5. The summed E-state index contributed by atoms with van der Waals surface area (Å²) in [6, 6.07) is -1.93. The Bertz CT molecular complexity index is 1990. The van der Waals surface area contributed by atoms with Crippen LogP contribution >= 0.6 is 0 Å². The van der Waals surface area contributed by atoms with Crippen LogP contribution in [-0.2, 0) is 57.0 Å². The van der Waals surface area contributed by atoms with Gasteiger partial charge in [-0.05, 0) is 31.9 Å². The molecule has 4 heterocycles. The van der Waals surface area contributed by atoms with E-state index < -0.39 is 184 Å². The fourth-order valence-electron chi connectivity index (χ4n) is 9.27. The van der Waals surface area contributed by atoms with Crippen LogP contribution in [0.15, 0.2) is 18.2 Å². The molecule has 17 N–H and O–H groups in total. The van der Waals surface area contributed by atoms with Gasteiger partial charge in [0, 0.05) is 38.0 Å². The van der Waals surface area contributed by atoms with E-state index in [1.807, 2.05) is 0 Å². The van der Waals surface area contributed by atoms with Gasteiger partial charge in [-0.25, -0.2) is 4.79 Å². The number of aliphatic hydroxyl groups excluding tert-OH is 10. The molecule has 21 atom stereocenters. The number of hydrogen-bond acceptors (Lipinski definition) is 26. The summed E-state index contributed by atoms with van der Waals surface area (Å²) in [4.78, 5) is 51.0. The summed E-state index contributed by atoms with van der Waals surface area (Å²) in [6.07, 6.45) is -29.0. The van der Waals surface area contributed by atoms with Crippen LogP contribution in [0.4, 0.5) is 0 Å². The van der Waals surface area contributed by atoms with Gasteiger partial charge in [0.15, 0.2) is 18.9 Å². The molecule has 75 heavy (non-hydrogen) atoms. The van der Waals surface area contributed by atoms with Crippen molar-refractivity contribution in [2.24, 2.45) is 5.73 Å². The molecule has 1 aromatic carbocycles. The number of esters is 1. The maximum absolute atomic E-state index is 14.2. The first-order valence-electron chi connectivity index (χ1n) is 24.5. The van der Waals surface area contributed by atoms with Gasteiger partial charge in [-0.1, -0.05) is 25.7 Å². The standard InChI is InChI=1S/C46H73N3O26/c1-19-32(59)35(62)29(47)42(69-19)72-37-27(18-52)71-43(68-11-9-7-5-4-6-8-10-28(58)67-3)31(49-41(64)21-12-22(54)14-23(55)13-21)39(37)73-44-36(63)40(34(61)26(17-51)70-44)75-46(45(65)66)15-24(56)30(48-20(2)53)38(74-46)33(60)25(57)16-50/h12-14,19,24-27,29-40,42-44,50-52,54-57,59-63H,4-11,15-18,47H2,1-3H3,(H,48,53)(H,49,64)(H,65,66)/t19?,24?,25?,26?,27?,29?,30-,31?,32-,33?,34-,35?,36?,37+,38?,39?,40?,42?,43-,44?,46+/m1/s1. The molecule has 0 spiro atoms. The number of aliphatic hydroxyl groups is 10.